The molecule has 0 spiro atoms. The molecular weight excluding hydrogens is 288 g/mol. The Morgan fingerprint density at radius 3 is 3.09 bits per heavy atom. The van der Waals surface area contributed by atoms with Gasteiger partial charge in [-0.2, -0.15) is 5.10 Å². The van der Waals surface area contributed by atoms with E-state index in [2.05, 4.69) is 16.3 Å². The van der Waals surface area contributed by atoms with Crippen LogP contribution in [0.2, 0.25) is 0 Å². The Labute approximate surface area is 134 Å². The third-order valence-electron chi connectivity index (χ3n) is 4.44. The number of pyridine rings is 1. The molecule has 1 aromatic carbocycles. The predicted molar refractivity (Wildman–Crippen MR) is 86.9 cm³/mol. The predicted octanol–water partition coefficient (Wildman–Crippen LogP) is 2.53. The van der Waals surface area contributed by atoms with Crippen molar-refractivity contribution in [2.45, 2.75) is 19.4 Å². The summed E-state index contributed by atoms with van der Waals surface area (Å²) in [6.07, 6.45) is 5.77. The molecule has 0 aliphatic carbocycles. The summed E-state index contributed by atoms with van der Waals surface area (Å²) in [5.74, 6) is 0.0413. The molecule has 23 heavy (non-hydrogen) atoms. The van der Waals surface area contributed by atoms with Gasteiger partial charge in [0, 0.05) is 36.3 Å². The highest BCUT2D eigenvalue weighted by Gasteiger charge is 2.30. The van der Waals surface area contributed by atoms with E-state index in [9.17, 15) is 4.79 Å². The van der Waals surface area contributed by atoms with Gasteiger partial charge in [-0.3, -0.25) is 14.5 Å². The lowest BCUT2D eigenvalue weighted by Crippen LogP contribution is -2.38. The molecule has 2 aromatic heterocycles. The molecule has 0 saturated heterocycles. The van der Waals surface area contributed by atoms with Gasteiger partial charge in [-0.15, -0.1) is 0 Å². The molecule has 5 nitrogen and oxygen atoms in total. The van der Waals surface area contributed by atoms with Gasteiger partial charge in [0.2, 0.25) is 0 Å². The number of aromatic nitrogens is 3. The Balaban J connectivity index is 1.68. The monoisotopic (exact) mass is 305 g/mol. The molecule has 1 radical (unpaired) electrons. The lowest BCUT2D eigenvalue weighted by Gasteiger charge is -2.32. The van der Waals surface area contributed by atoms with Crippen molar-refractivity contribution in [2.75, 3.05) is 6.54 Å². The van der Waals surface area contributed by atoms with Crippen molar-refractivity contribution >= 4 is 16.8 Å². The zero-order valence-corrected chi connectivity index (χ0v) is 13.2. The second-order valence-corrected chi connectivity index (χ2v) is 5.93. The smallest absolute Gasteiger partial charge is 0.254 e. The Morgan fingerprint density at radius 1 is 1.35 bits per heavy atom. The molecule has 3 heterocycles. The minimum Gasteiger partial charge on any atom is -0.330 e. The molecule has 115 valence electrons. The van der Waals surface area contributed by atoms with Crippen LogP contribution >= 0.6 is 0 Å². The first-order valence-electron chi connectivity index (χ1n) is 7.74. The van der Waals surface area contributed by atoms with Crippen LogP contribution in [0.5, 0.6) is 0 Å². The van der Waals surface area contributed by atoms with E-state index >= 15 is 0 Å². The number of nitrogens with zero attached hydrogens (tertiary/aromatic N) is 4. The number of fused-ring (bicyclic) bond motifs is 2. The Bertz CT molecular complexity index is 899. The average Bonchev–Trinajstić information content (AvgIpc) is 2.95. The van der Waals surface area contributed by atoms with Gasteiger partial charge >= 0.3 is 0 Å². The van der Waals surface area contributed by atoms with Gasteiger partial charge in [0.1, 0.15) is 0 Å². The summed E-state index contributed by atoms with van der Waals surface area (Å²) in [4.78, 5) is 19.1. The molecule has 1 aliphatic heterocycles. The van der Waals surface area contributed by atoms with Gasteiger partial charge in [-0.25, -0.2) is 0 Å². The molecular formula is C18H17N4O. The molecule has 4 rings (SSSR count). The molecule has 5 heteroatoms. The number of rotatable bonds is 1. The van der Waals surface area contributed by atoms with Crippen molar-refractivity contribution in [1.82, 2.24) is 19.7 Å². The molecule has 0 N–H and O–H groups in total. The third kappa shape index (κ3) is 2.29. The fourth-order valence-corrected chi connectivity index (χ4v) is 3.24. The van der Waals surface area contributed by atoms with E-state index in [1.165, 1.54) is 0 Å². The van der Waals surface area contributed by atoms with Crippen LogP contribution in [0.15, 0.2) is 36.5 Å². The molecule has 1 aliphatic rings. The fourth-order valence-electron chi connectivity index (χ4n) is 3.24. The minimum atomic E-state index is -0.0340. The lowest BCUT2D eigenvalue weighted by atomic mass is 10.00. The van der Waals surface area contributed by atoms with Crippen LogP contribution in [-0.2, 0) is 13.5 Å². The van der Waals surface area contributed by atoms with Crippen LogP contribution < -0.4 is 0 Å². The first kappa shape index (κ1) is 13.9. The molecule has 1 amide bonds. The molecule has 0 saturated carbocycles. The number of carbonyl (C=O) groups excluding carboxylic acids is 1. The SMILES string of the molecule is CC1c2nn(C)[c]c2CCN1C(=O)c1ccc2ncccc2c1. The Hall–Kier alpha value is -2.69. The fraction of sp³-hybridized carbons (Fsp3) is 0.278. The summed E-state index contributed by atoms with van der Waals surface area (Å²) >= 11 is 0. The van der Waals surface area contributed by atoms with E-state index in [0.717, 1.165) is 28.6 Å². The van der Waals surface area contributed by atoms with Gasteiger partial charge in [0.15, 0.2) is 0 Å². The molecule has 1 atom stereocenters. The van der Waals surface area contributed by atoms with Crippen LogP contribution in [0, 0.1) is 6.20 Å². The van der Waals surface area contributed by atoms with E-state index < -0.39 is 0 Å². The number of amides is 1. The van der Waals surface area contributed by atoms with Crippen molar-refractivity contribution in [2.24, 2.45) is 7.05 Å². The molecule has 1 unspecified atom stereocenters. The highest BCUT2D eigenvalue weighted by Crippen LogP contribution is 2.29. The maximum Gasteiger partial charge on any atom is 0.254 e. The standard InChI is InChI=1S/C18H17N4O/c1-12-17-15(11-21(2)20-17)7-9-22(12)18(23)14-5-6-16-13(10-14)4-3-8-19-16/h3-6,8,10,12H,7,9H2,1-2H3. The van der Waals surface area contributed by atoms with E-state index in [1.807, 2.05) is 49.2 Å². The van der Waals surface area contributed by atoms with Gasteiger partial charge in [-0.1, -0.05) is 6.07 Å². The highest BCUT2D eigenvalue weighted by molar-refractivity contribution is 5.98. The zero-order valence-electron chi connectivity index (χ0n) is 13.2. The summed E-state index contributed by atoms with van der Waals surface area (Å²) in [6.45, 7) is 2.72. The van der Waals surface area contributed by atoms with E-state index in [0.29, 0.717) is 12.1 Å². The maximum atomic E-state index is 12.9. The second-order valence-electron chi connectivity index (χ2n) is 5.93. The Kier molecular flexibility index (Phi) is 3.15. The van der Waals surface area contributed by atoms with Crippen LogP contribution in [0.25, 0.3) is 10.9 Å². The number of aryl methyl sites for hydroxylation is 1. The van der Waals surface area contributed by atoms with Crippen LogP contribution in [0.1, 0.15) is 34.6 Å². The Morgan fingerprint density at radius 2 is 2.22 bits per heavy atom. The van der Waals surface area contributed by atoms with Crippen molar-refractivity contribution in [3.63, 3.8) is 0 Å². The maximum absolute atomic E-state index is 12.9. The second kappa shape index (κ2) is 5.19. The first-order valence-corrected chi connectivity index (χ1v) is 7.74. The largest absolute Gasteiger partial charge is 0.330 e. The van der Waals surface area contributed by atoms with Crippen molar-refractivity contribution < 1.29 is 4.79 Å². The van der Waals surface area contributed by atoms with Crippen molar-refractivity contribution in [3.8, 4) is 0 Å². The van der Waals surface area contributed by atoms with Crippen LogP contribution in [0.4, 0.5) is 0 Å². The topological polar surface area (TPSA) is 51.0 Å². The zero-order chi connectivity index (χ0) is 16.0. The molecule has 0 fully saturated rings. The first-order chi connectivity index (χ1) is 11.1. The van der Waals surface area contributed by atoms with E-state index in [1.54, 1.807) is 10.9 Å². The van der Waals surface area contributed by atoms with Gasteiger partial charge < -0.3 is 4.90 Å². The van der Waals surface area contributed by atoms with Gasteiger partial charge in [-0.05, 0) is 37.6 Å². The quantitative estimate of drug-likeness (QED) is 0.694. The summed E-state index contributed by atoms with van der Waals surface area (Å²) in [6, 6.07) is 9.49. The number of hydrogen-bond acceptors (Lipinski definition) is 3. The number of hydrogen-bond donors (Lipinski definition) is 0. The van der Waals surface area contributed by atoms with E-state index in [4.69, 9.17) is 0 Å². The van der Waals surface area contributed by atoms with Crippen LogP contribution in [-0.4, -0.2) is 32.1 Å². The third-order valence-corrected chi connectivity index (χ3v) is 4.44. The van der Waals surface area contributed by atoms with Gasteiger partial charge in [0.05, 0.1) is 23.4 Å². The number of carbonyl (C=O) groups is 1. The normalized spacial score (nSPS) is 17.3. The van der Waals surface area contributed by atoms with E-state index in [-0.39, 0.29) is 11.9 Å². The minimum absolute atomic E-state index is 0.0340. The molecule has 3 aromatic rings. The highest BCUT2D eigenvalue weighted by atomic mass is 16.2. The van der Waals surface area contributed by atoms with Gasteiger partial charge in [0.25, 0.3) is 5.91 Å². The molecule has 0 bridgehead atoms. The average molecular weight is 305 g/mol. The number of benzene rings is 1. The summed E-state index contributed by atoms with van der Waals surface area (Å²) in [5.41, 5.74) is 3.67. The lowest BCUT2D eigenvalue weighted by molar-refractivity contribution is 0.0673. The summed E-state index contributed by atoms with van der Waals surface area (Å²) < 4.78 is 1.71. The van der Waals surface area contributed by atoms with Crippen molar-refractivity contribution in [3.05, 3.63) is 59.5 Å². The summed E-state index contributed by atoms with van der Waals surface area (Å²) in [7, 11) is 1.87. The summed E-state index contributed by atoms with van der Waals surface area (Å²) in [5, 5.41) is 5.45. The van der Waals surface area contributed by atoms with Crippen molar-refractivity contribution in [1.29, 1.82) is 0 Å². The van der Waals surface area contributed by atoms with Crippen LogP contribution in [0.3, 0.4) is 0 Å².